The van der Waals surface area contributed by atoms with Gasteiger partial charge in [0.25, 0.3) is 0 Å². The maximum absolute atomic E-state index is 13.4. The molecule has 0 saturated carbocycles. The standard InChI is InChI=1S/C27H29N5O/c1-31(2)27-29-18-22(19-9-4-3-5-10-19)26(30-27)24-13-8-16-32(24)25(33)15-14-20-17-28-23-12-7-6-11-21(20)23/h3-7,9-12,17-18,24,28H,8,13-16H2,1-2H3/t24-/m0/s1. The Morgan fingerprint density at radius 2 is 1.91 bits per heavy atom. The molecule has 1 fully saturated rings. The summed E-state index contributed by atoms with van der Waals surface area (Å²) in [5, 5.41) is 1.20. The molecule has 168 valence electrons. The van der Waals surface area contributed by atoms with Crippen molar-refractivity contribution in [3.05, 3.63) is 78.2 Å². The van der Waals surface area contributed by atoms with Crippen molar-refractivity contribution < 1.29 is 4.79 Å². The van der Waals surface area contributed by atoms with E-state index in [-0.39, 0.29) is 11.9 Å². The molecule has 0 unspecified atom stereocenters. The van der Waals surface area contributed by atoms with Crippen LogP contribution in [0.1, 0.15) is 36.6 Å². The average molecular weight is 440 g/mol. The predicted octanol–water partition coefficient (Wildman–Crippen LogP) is 4.99. The van der Waals surface area contributed by atoms with E-state index in [2.05, 4.69) is 34.2 Å². The summed E-state index contributed by atoms with van der Waals surface area (Å²) in [6.45, 7) is 0.771. The number of aryl methyl sites for hydroxylation is 1. The Hall–Kier alpha value is -3.67. The molecule has 0 spiro atoms. The number of aromatic nitrogens is 3. The lowest BCUT2D eigenvalue weighted by molar-refractivity contribution is -0.132. The van der Waals surface area contributed by atoms with Crippen molar-refractivity contribution in [2.75, 3.05) is 25.5 Å². The van der Waals surface area contributed by atoms with E-state index in [1.807, 2.05) is 66.6 Å². The minimum Gasteiger partial charge on any atom is -0.361 e. The minimum absolute atomic E-state index is 0.0302. The fourth-order valence-corrected chi connectivity index (χ4v) is 4.77. The molecule has 4 aromatic rings. The van der Waals surface area contributed by atoms with Crippen molar-refractivity contribution in [2.45, 2.75) is 31.7 Å². The Morgan fingerprint density at radius 3 is 2.73 bits per heavy atom. The van der Waals surface area contributed by atoms with Gasteiger partial charge in [0.2, 0.25) is 11.9 Å². The molecular formula is C27H29N5O. The van der Waals surface area contributed by atoms with Crippen molar-refractivity contribution in [3.8, 4) is 11.1 Å². The zero-order valence-corrected chi connectivity index (χ0v) is 19.2. The van der Waals surface area contributed by atoms with Gasteiger partial charge in [-0.3, -0.25) is 4.79 Å². The molecule has 2 aromatic heterocycles. The smallest absolute Gasteiger partial charge is 0.225 e. The monoisotopic (exact) mass is 439 g/mol. The van der Waals surface area contributed by atoms with Gasteiger partial charge in [0.05, 0.1) is 11.7 Å². The first kappa shape index (κ1) is 21.2. The molecule has 0 bridgehead atoms. The number of hydrogen-bond donors (Lipinski definition) is 1. The molecule has 6 heteroatoms. The number of anilines is 1. The van der Waals surface area contributed by atoms with Gasteiger partial charge < -0.3 is 14.8 Å². The highest BCUT2D eigenvalue weighted by Gasteiger charge is 2.33. The topological polar surface area (TPSA) is 65.1 Å². The van der Waals surface area contributed by atoms with Gasteiger partial charge in [0, 0.05) is 55.9 Å². The fraction of sp³-hybridized carbons (Fsp3) is 0.296. The SMILES string of the molecule is CN(C)c1ncc(-c2ccccc2)c([C@@H]2CCCN2C(=O)CCc2c[nH]c3ccccc23)n1. The minimum atomic E-state index is -0.0302. The van der Waals surface area contributed by atoms with E-state index < -0.39 is 0 Å². The molecular weight excluding hydrogens is 410 g/mol. The molecule has 5 rings (SSSR count). The third-order valence-corrected chi connectivity index (χ3v) is 6.46. The van der Waals surface area contributed by atoms with Crippen molar-refractivity contribution in [1.82, 2.24) is 19.9 Å². The van der Waals surface area contributed by atoms with Crippen LogP contribution in [-0.2, 0) is 11.2 Å². The van der Waals surface area contributed by atoms with Gasteiger partial charge in [-0.2, -0.15) is 0 Å². The highest BCUT2D eigenvalue weighted by Crippen LogP contribution is 2.37. The van der Waals surface area contributed by atoms with Crippen molar-refractivity contribution >= 4 is 22.8 Å². The molecule has 1 amide bonds. The lowest BCUT2D eigenvalue weighted by Crippen LogP contribution is -2.31. The number of nitrogens with zero attached hydrogens (tertiary/aromatic N) is 4. The summed E-state index contributed by atoms with van der Waals surface area (Å²) in [5.74, 6) is 0.856. The van der Waals surface area contributed by atoms with E-state index in [9.17, 15) is 4.79 Å². The summed E-state index contributed by atoms with van der Waals surface area (Å²) in [4.78, 5) is 30.1. The lowest BCUT2D eigenvalue weighted by Gasteiger charge is -2.27. The van der Waals surface area contributed by atoms with Gasteiger partial charge in [-0.15, -0.1) is 0 Å². The van der Waals surface area contributed by atoms with Gasteiger partial charge in [-0.1, -0.05) is 48.5 Å². The summed E-state index contributed by atoms with van der Waals surface area (Å²) < 4.78 is 0. The van der Waals surface area contributed by atoms with Gasteiger partial charge in [-0.25, -0.2) is 9.97 Å². The molecule has 2 aromatic carbocycles. The van der Waals surface area contributed by atoms with Crippen LogP contribution < -0.4 is 4.90 Å². The van der Waals surface area contributed by atoms with Gasteiger partial charge in [0.1, 0.15) is 0 Å². The summed E-state index contributed by atoms with van der Waals surface area (Å²) in [6, 6.07) is 18.4. The Morgan fingerprint density at radius 1 is 1.12 bits per heavy atom. The number of hydrogen-bond acceptors (Lipinski definition) is 4. The number of rotatable bonds is 6. The van der Waals surface area contributed by atoms with Crippen molar-refractivity contribution in [3.63, 3.8) is 0 Å². The van der Waals surface area contributed by atoms with E-state index >= 15 is 0 Å². The number of H-pyrrole nitrogens is 1. The second kappa shape index (κ2) is 9.06. The highest BCUT2D eigenvalue weighted by atomic mass is 16.2. The molecule has 1 saturated heterocycles. The lowest BCUT2D eigenvalue weighted by atomic mass is 9.99. The highest BCUT2D eigenvalue weighted by molar-refractivity contribution is 5.84. The van der Waals surface area contributed by atoms with E-state index in [4.69, 9.17) is 4.98 Å². The Kier molecular flexibility index (Phi) is 5.82. The number of para-hydroxylation sites is 1. The summed E-state index contributed by atoms with van der Waals surface area (Å²) in [7, 11) is 3.89. The molecule has 1 aliphatic rings. The Bertz CT molecular complexity index is 1260. The number of fused-ring (bicyclic) bond motifs is 1. The van der Waals surface area contributed by atoms with Gasteiger partial charge in [0.15, 0.2) is 0 Å². The summed E-state index contributed by atoms with van der Waals surface area (Å²) >= 11 is 0. The van der Waals surface area contributed by atoms with Crippen LogP contribution >= 0.6 is 0 Å². The predicted molar refractivity (Wildman–Crippen MR) is 132 cm³/mol. The first-order valence-electron chi connectivity index (χ1n) is 11.6. The average Bonchev–Trinajstić information content (AvgIpc) is 3.50. The van der Waals surface area contributed by atoms with Crippen LogP contribution in [0.5, 0.6) is 0 Å². The third-order valence-electron chi connectivity index (χ3n) is 6.46. The van der Waals surface area contributed by atoms with Crippen molar-refractivity contribution in [2.24, 2.45) is 0 Å². The first-order valence-corrected chi connectivity index (χ1v) is 11.6. The molecule has 1 aliphatic heterocycles. The van der Waals surface area contributed by atoms with Crippen LogP contribution in [0, 0.1) is 0 Å². The normalized spacial score (nSPS) is 15.8. The van der Waals surface area contributed by atoms with E-state index in [1.54, 1.807) is 0 Å². The van der Waals surface area contributed by atoms with Crippen LogP contribution in [0.3, 0.4) is 0 Å². The van der Waals surface area contributed by atoms with Gasteiger partial charge in [-0.05, 0) is 36.5 Å². The third kappa shape index (κ3) is 4.21. The van der Waals surface area contributed by atoms with Gasteiger partial charge >= 0.3 is 0 Å². The van der Waals surface area contributed by atoms with Crippen molar-refractivity contribution in [1.29, 1.82) is 0 Å². The summed E-state index contributed by atoms with van der Waals surface area (Å²) in [5.41, 5.74) is 5.33. The Balaban J connectivity index is 1.41. The van der Waals surface area contributed by atoms with E-state index in [0.29, 0.717) is 12.4 Å². The van der Waals surface area contributed by atoms with Crippen LogP contribution in [-0.4, -0.2) is 46.4 Å². The molecule has 0 radical (unpaired) electrons. The second-order valence-corrected chi connectivity index (χ2v) is 8.83. The van der Waals surface area contributed by atoms with Crippen LogP contribution in [0.2, 0.25) is 0 Å². The number of amides is 1. The molecule has 0 aliphatic carbocycles. The molecule has 33 heavy (non-hydrogen) atoms. The maximum Gasteiger partial charge on any atom is 0.225 e. The quantitative estimate of drug-likeness (QED) is 0.460. The van der Waals surface area contributed by atoms with Crippen LogP contribution in [0.4, 0.5) is 5.95 Å². The zero-order valence-electron chi connectivity index (χ0n) is 19.2. The zero-order chi connectivity index (χ0) is 22.8. The molecule has 6 nitrogen and oxygen atoms in total. The van der Waals surface area contributed by atoms with Crippen LogP contribution in [0.25, 0.3) is 22.0 Å². The number of carbonyl (C=O) groups is 1. The van der Waals surface area contributed by atoms with Crippen LogP contribution in [0.15, 0.2) is 67.0 Å². The molecule has 1 atom stereocenters. The fourth-order valence-electron chi connectivity index (χ4n) is 4.77. The molecule has 3 heterocycles. The summed E-state index contributed by atoms with van der Waals surface area (Å²) in [6.07, 6.45) is 7.05. The van der Waals surface area contributed by atoms with E-state index in [0.717, 1.165) is 48.1 Å². The first-order chi connectivity index (χ1) is 16.1. The number of aromatic amines is 1. The second-order valence-electron chi connectivity index (χ2n) is 8.83. The largest absolute Gasteiger partial charge is 0.361 e. The molecule has 1 N–H and O–H groups in total. The maximum atomic E-state index is 13.4. The number of likely N-dealkylation sites (tertiary alicyclic amines) is 1. The number of nitrogens with one attached hydrogen (secondary N) is 1. The number of benzene rings is 2. The Labute approximate surface area is 194 Å². The van der Waals surface area contributed by atoms with E-state index in [1.165, 1.54) is 10.9 Å². The number of carbonyl (C=O) groups excluding carboxylic acids is 1.